The predicted octanol–water partition coefficient (Wildman–Crippen LogP) is 2.32. The van der Waals surface area contributed by atoms with Gasteiger partial charge >= 0.3 is 5.97 Å². The SMILES string of the molecule is COC(=O)CC(N)Cc1ccc(CC(C)C)cc1. The van der Waals surface area contributed by atoms with Gasteiger partial charge in [-0.1, -0.05) is 38.1 Å². The number of hydrogen-bond donors (Lipinski definition) is 1. The maximum absolute atomic E-state index is 11.1. The fraction of sp³-hybridized carbons (Fsp3) is 0.533. The summed E-state index contributed by atoms with van der Waals surface area (Å²) in [7, 11) is 1.38. The van der Waals surface area contributed by atoms with Crippen LogP contribution in [0, 0.1) is 5.92 Å². The van der Waals surface area contributed by atoms with Crippen LogP contribution in [-0.4, -0.2) is 19.1 Å². The van der Waals surface area contributed by atoms with E-state index in [-0.39, 0.29) is 18.4 Å². The van der Waals surface area contributed by atoms with Crippen molar-refractivity contribution >= 4 is 5.97 Å². The van der Waals surface area contributed by atoms with Gasteiger partial charge in [-0.3, -0.25) is 4.79 Å². The lowest BCUT2D eigenvalue weighted by Gasteiger charge is -2.11. The first kappa shape index (κ1) is 14.7. The summed E-state index contributed by atoms with van der Waals surface area (Å²) >= 11 is 0. The molecule has 1 aromatic rings. The third kappa shape index (κ3) is 5.32. The molecule has 1 aromatic carbocycles. The Bertz CT molecular complexity index is 371. The molecule has 0 radical (unpaired) electrons. The summed E-state index contributed by atoms with van der Waals surface area (Å²) in [6.07, 6.45) is 2.07. The number of carbonyl (C=O) groups is 1. The van der Waals surface area contributed by atoms with Crippen molar-refractivity contribution in [3.63, 3.8) is 0 Å². The third-order valence-corrected chi connectivity index (χ3v) is 2.82. The Kier molecular flexibility index (Phi) is 5.86. The summed E-state index contributed by atoms with van der Waals surface area (Å²) in [5, 5.41) is 0. The van der Waals surface area contributed by atoms with Gasteiger partial charge in [0, 0.05) is 6.04 Å². The fourth-order valence-corrected chi connectivity index (χ4v) is 1.96. The quantitative estimate of drug-likeness (QED) is 0.787. The summed E-state index contributed by atoms with van der Waals surface area (Å²) in [4.78, 5) is 11.1. The van der Waals surface area contributed by atoms with Crippen LogP contribution in [0.5, 0.6) is 0 Å². The molecule has 18 heavy (non-hydrogen) atoms. The zero-order chi connectivity index (χ0) is 13.5. The Morgan fingerprint density at radius 3 is 2.11 bits per heavy atom. The van der Waals surface area contributed by atoms with Crippen molar-refractivity contribution in [1.82, 2.24) is 0 Å². The maximum atomic E-state index is 11.1. The Hall–Kier alpha value is -1.35. The molecule has 0 spiro atoms. The van der Waals surface area contributed by atoms with Gasteiger partial charge in [0.05, 0.1) is 13.5 Å². The highest BCUT2D eigenvalue weighted by molar-refractivity contribution is 5.69. The number of methoxy groups -OCH3 is 1. The van der Waals surface area contributed by atoms with E-state index < -0.39 is 0 Å². The monoisotopic (exact) mass is 249 g/mol. The second kappa shape index (κ2) is 7.17. The summed E-state index contributed by atoms with van der Waals surface area (Å²) in [6.45, 7) is 4.42. The number of ether oxygens (including phenoxy) is 1. The largest absolute Gasteiger partial charge is 0.469 e. The van der Waals surface area contributed by atoms with Crippen molar-refractivity contribution in [2.75, 3.05) is 7.11 Å². The van der Waals surface area contributed by atoms with E-state index >= 15 is 0 Å². The lowest BCUT2D eigenvalue weighted by Crippen LogP contribution is -2.26. The van der Waals surface area contributed by atoms with Crippen LogP contribution >= 0.6 is 0 Å². The standard InChI is InChI=1S/C15H23NO2/c1-11(2)8-12-4-6-13(7-5-12)9-14(16)10-15(17)18-3/h4-7,11,14H,8-10,16H2,1-3H3. The molecule has 1 rings (SSSR count). The molecule has 1 atom stereocenters. The van der Waals surface area contributed by atoms with Crippen molar-refractivity contribution < 1.29 is 9.53 Å². The number of benzene rings is 1. The lowest BCUT2D eigenvalue weighted by atomic mass is 9.99. The van der Waals surface area contributed by atoms with E-state index in [0.29, 0.717) is 12.3 Å². The zero-order valence-electron chi connectivity index (χ0n) is 11.5. The highest BCUT2D eigenvalue weighted by atomic mass is 16.5. The van der Waals surface area contributed by atoms with Gasteiger partial charge in [-0.15, -0.1) is 0 Å². The van der Waals surface area contributed by atoms with Crippen LogP contribution in [0.3, 0.4) is 0 Å². The van der Waals surface area contributed by atoms with E-state index in [1.165, 1.54) is 18.2 Å². The average Bonchev–Trinajstić information content (AvgIpc) is 2.30. The van der Waals surface area contributed by atoms with Gasteiger partial charge in [0.2, 0.25) is 0 Å². The summed E-state index contributed by atoms with van der Waals surface area (Å²) in [5.74, 6) is 0.413. The first-order chi connectivity index (χ1) is 8.51. The highest BCUT2D eigenvalue weighted by Gasteiger charge is 2.10. The van der Waals surface area contributed by atoms with E-state index in [2.05, 4.69) is 42.8 Å². The molecule has 0 saturated heterocycles. The average molecular weight is 249 g/mol. The Balaban J connectivity index is 2.50. The minimum absolute atomic E-state index is 0.173. The van der Waals surface area contributed by atoms with Crippen molar-refractivity contribution in [3.05, 3.63) is 35.4 Å². The molecule has 0 aliphatic carbocycles. The number of nitrogens with two attached hydrogens (primary N) is 1. The van der Waals surface area contributed by atoms with E-state index in [1.54, 1.807) is 0 Å². The van der Waals surface area contributed by atoms with Crippen LogP contribution in [0.1, 0.15) is 31.4 Å². The smallest absolute Gasteiger partial charge is 0.307 e. The van der Waals surface area contributed by atoms with Crippen LogP contribution < -0.4 is 5.73 Å². The molecule has 0 heterocycles. The van der Waals surface area contributed by atoms with Crippen LogP contribution in [0.4, 0.5) is 0 Å². The third-order valence-electron chi connectivity index (χ3n) is 2.82. The van der Waals surface area contributed by atoms with Gasteiger partial charge in [-0.05, 0) is 29.9 Å². The van der Waals surface area contributed by atoms with E-state index in [1.807, 2.05) is 0 Å². The molecule has 0 saturated carbocycles. The van der Waals surface area contributed by atoms with E-state index in [0.717, 1.165) is 6.42 Å². The zero-order valence-corrected chi connectivity index (χ0v) is 11.5. The number of hydrogen-bond acceptors (Lipinski definition) is 3. The Labute approximate surface area is 109 Å². The topological polar surface area (TPSA) is 52.3 Å². The van der Waals surface area contributed by atoms with E-state index in [9.17, 15) is 4.79 Å². The highest BCUT2D eigenvalue weighted by Crippen LogP contribution is 2.11. The summed E-state index contributed by atoms with van der Waals surface area (Å²) in [5.41, 5.74) is 8.41. The summed E-state index contributed by atoms with van der Waals surface area (Å²) < 4.78 is 4.60. The predicted molar refractivity (Wildman–Crippen MR) is 73.3 cm³/mol. The molecule has 0 aromatic heterocycles. The number of esters is 1. The minimum atomic E-state index is -0.251. The Morgan fingerprint density at radius 2 is 1.67 bits per heavy atom. The first-order valence-electron chi connectivity index (χ1n) is 6.41. The molecular weight excluding hydrogens is 226 g/mol. The van der Waals surface area contributed by atoms with Crippen LogP contribution in [0.25, 0.3) is 0 Å². The summed E-state index contributed by atoms with van der Waals surface area (Å²) in [6, 6.07) is 8.29. The van der Waals surface area contributed by atoms with Gasteiger partial charge in [-0.2, -0.15) is 0 Å². The molecule has 0 amide bonds. The second-order valence-corrected chi connectivity index (χ2v) is 5.16. The van der Waals surface area contributed by atoms with Crippen molar-refractivity contribution in [2.45, 2.75) is 39.2 Å². The van der Waals surface area contributed by atoms with E-state index in [4.69, 9.17) is 5.73 Å². The van der Waals surface area contributed by atoms with Gasteiger partial charge < -0.3 is 10.5 Å². The second-order valence-electron chi connectivity index (χ2n) is 5.16. The number of rotatable bonds is 6. The van der Waals surface area contributed by atoms with Gasteiger partial charge in [0.1, 0.15) is 0 Å². The molecule has 2 N–H and O–H groups in total. The molecule has 0 aliphatic heterocycles. The van der Waals surface area contributed by atoms with Gasteiger partial charge in [-0.25, -0.2) is 0 Å². The normalized spacial score (nSPS) is 12.5. The fourth-order valence-electron chi connectivity index (χ4n) is 1.96. The first-order valence-corrected chi connectivity index (χ1v) is 6.41. The molecule has 100 valence electrons. The van der Waals surface area contributed by atoms with Crippen LogP contribution in [0.2, 0.25) is 0 Å². The lowest BCUT2D eigenvalue weighted by molar-refractivity contribution is -0.140. The van der Waals surface area contributed by atoms with Crippen LogP contribution in [-0.2, 0) is 22.4 Å². The van der Waals surface area contributed by atoms with Gasteiger partial charge in [0.25, 0.3) is 0 Å². The van der Waals surface area contributed by atoms with Gasteiger partial charge in [0.15, 0.2) is 0 Å². The molecule has 3 nitrogen and oxygen atoms in total. The molecule has 0 aliphatic rings. The maximum Gasteiger partial charge on any atom is 0.307 e. The number of carbonyl (C=O) groups excluding carboxylic acids is 1. The molecule has 1 unspecified atom stereocenters. The van der Waals surface area contributed by atoms with Crippen LogP contribution in [0.15, 0.2) is 24.3 Å². The van der Waals surface area contributed by atoms with Crippen molar-refractivity contribution in [3.8, 4) is 0 Å². The molecule has 3 heteroatoms. The molecular formula is C15H23NO2. The van der Waals surface area contributed by atoms with Crippen molar-refractivity contribution in [2.24, 2.45) is 11.7 Å². The molecule has 0 fully saturated rings. The molecule has 0 bridgehead atoms. The van der Waals surface area contributed by atoms with Crippen molar-refractivity contribution in [1.29, 1.82) is 0 Å². The Morgan fingerprint density at radius 1 is 1.17 bits per heavy atom. The minimum Gasteiger partial charge on any atom is -0.469 e.